The number of nitrogens with zero attached hydrogens (tertiary/aromatic N) is 1. The van der Waals surface area contributed by atoms with Crippen molar-refractivity contribution in [1.82, 2.24) is 9.97 Å². The topological polar surface area (TPSA) is 93.0 Å². The van der Waals surface area contributed by atoms with Crippen LogP contribution in [0.1, 0.15) is 19.2 Å². The Morgan fingerprint density at radius 1 is 1.67 bits per heavy atom. The molecule has 0 amide bonds. The first-order valence-electron chi connectivity index (χ1n) is 4.85. The lowest BCUT2D eigenvalue weighted by atomic mass is 10.4. The number of anilines is 2. The summed E-state index contributed by atoms with van der Waals surface area (Å²) in [5, 5.41) is 2.95. The predicted octanol–water partition coefficient (Wildman–Crippen LogP) is 0.665. The van der Waals surface area contributed by atoms with Crippen LogP contribution in [0, 0.1) is 6.92 Å². The summed E-state index contributed by atoms with van der Waals surface area (Å²) in [4.78, 5) is 18.0. The van der Waals surface area contributed by atoms with Crippen LogP contribution in [0.3, 0.4) is 0 Å². The van der Waals surface area contributed by atoms with Crippen LogP contribution in [-0.2, 0) is 9.53 Å². The number of carbonyl (C=O) groups excluding carboxylic acids is 1. The lowest BCUT2D eigenvalue weighted by Gasteiger charge is -2.03. The fourth-order valence-electron chi connectivity index (χ4n) is 1.16. The van der Waals surface area contributed by atoms with Gasteiger partial charge in [-0.25, -0.2) is 4.98 Å². The molecular formula is C9H16N4O2. The minimum absolute atomic E-state index is 0.226. The van der Waals surface area contributed by atoms with E-state index in [1.54, 1.807) is 6.92 Å². The summed E-state index contributed by atoms with van der Waals surface area (Å²) in [5.74, 6) is 1.58. The highest BCUT2D eigenvalue weighted by Crippen LogP contribution is 2.13. The van der Waals surface area contributed by atoms with E-state index < -0.39 is 0 Å². The van der Waals surface area contributed by atoms with E-state index in [4.69, 9.17) is 10.5 Å². The van der Waals surface area contributed by atoms with E-state index in [2.05, 4.69) is 15.3 Å². The molecule has 0 aliphatic carbocycles. The highest BCUT2D eigenvalue weighted by Gasteiger charge is 2.05. The SMILES string of the molecule is CCOC(=O)CCNc1nc(C)[nH]c1N. The van der Waals surface area contributed by atoms with Gasteiger partial charge in [0.25, 0.3) is 0 Å². The summed E-state index contributed by atoms with van der Waals surface area (Å²) in [6.07, 6.45) is 0.305. The van der Waals surface area contributed by atoms with Gasteiger partial charge in [-0.05, 0) is 13.8 Å². The van der Waals surface area contributed by atoms with Gasteiger partial charge >= 0.3 is 5.97 Å². The zero-order valence-electron chi connectivity index (χ0n) is 8.96. The minimum atomic E-state index is -0.226. The first kappa shape index (κ1) is 11.4. The number of hydrogen-bond acceptors (Lipinski definition) is 5. The average molecular weight is 212 g/mol. The number of H-pyrrole nitrogens is 1. The Morgan fingerprint density at radius 2 is 2.40 bits per heavy atom. The first-order chi connectivity index (χ1) is 7.13. The van der Waals surface area contributed by atoms with E-state index in [-0.39, 0.29) is 5.97 Å². The summed E-state index contributed by atoms with van der Waals surface area (Å²) in [7, 11) is 0. The number of rotatable bonds is 5. The van der Waals surface area contributed by atoms with Gasteiger partial charge in [0.05, 0.1) is 13.0 Å². The second-order valence-corrected chi connectivity index (χ2v) is 3.07. The van der Waals surface area contributed by atoms with Crippen molar-refractivity contribution in [2.24, 2.45) is 0 Å². The summed E-state index contributed by atoms with van der Waals surface area (Å²) in [5.41, 5.74) is 5.62. The molecule has 0 aliphatic heterocycles. The van der Waals surface area contributed by atoms with Gasteiger partial charge in [-0.3, -0.25) is 4.79 Å². The van der Waals surface area contributed by atoms with Gasteiger partial charge in [-0.15, -0.1) is 0 Å². The van der Waals surface area contributed by atoms with Crippen LogP contribution in [0.5, 0.6) is 0 Å². The molecule has 0 aromatic carbocycles. The van der Waals surface area contributed by atoms with Gasteiger partial charge in [0.15, 0.2) is 5.82 Å². The first-order valence-corrected chi connectivity index (χ1v) is 4.85. The molecule has 0 saturated carbocycles. The number of carbonyl (C=O) groups is 1. The molecule has 6 nitrogen and oxygen atoms in total. The quantitative estimate of drug-likeness (QED) is 0.623. The molecule has 0 aliphatic rings. The molecule has 1 rings (SSSR count). The number of hydrogen-bond donors (Lipinski definition) is 3. The zero-order valence-corrected chi connectivity index (χ0v) is 8.96. The average Bonchev–Trinajstić information content (AvgIpc) is 2.46. The Kier molecular flexibility index (Phi) is 3.96. The van der Waals surface area contributed by atoms with E-state index in [1.165, 1.54) is 0 Å². The lowest BCUT2D eigenvalue weighted by Crippen LogP contribution is -2.12. The van der Waals surface area contributed by atoms with Crippen molar-refractivity contribution in [3.63, 3.8) is 0 Å². The van der Waals surface area contributed by atoms with Crippen LogP contribution in [0.25, 0.3) is 0 Å². The number of nitrogen functional groups attached to an aromatic ring is 1. The highest BCUT2D eigenvalue weighted by atomic mass is 16.5. The van der Waals surface area contributed by atoms with Crippen LogP contribution in [0.15, 0.2) is 0 Å². The number of imidazole rings is 1. The minimum Gasteiger partial charge on any atom is -0.466 e. The summed E-state index contributed by atoms with van der Waals surface area (Å²) < 4.78 is 4.78. The number of aryl methyl sites for hydroxylation is 1. The molecule has 0 saturated heterocycles. The van der Waals surface area contributed by atoms with E-state index in [0.717, 1.165) is 5.82 Å². The number of nitrogens with one attached hydrogen (secondary N) is 2. The number of aromatic amines is 1. The van der Waals surface area contributed by atoms with Crippen molar-refractivity contribution < 1.29 is 9.53 Å². The molecule has 6 heteroatoms. The smallest absolute Gasteiger partial charge is 0.307 e. The fraction of sp³-hybridized carbons (Fsp3) is 0.556. The molecule has 4 N–H and O–H groups in total. The molecule has 0 fully saturated rings. The largest absolute Gasteiger partial charge is 0.466 e. The molecule has 84 valence electrons. The summed E-state index contributed by atoms with van der Waals surface area (Å²) in [6.45, 7) is 4.46. The molecule has 0 spiro atoms. The van der Waals surface area contributed by atoms with Crippen LogP contribution < -0.4 is 11.1 Å². The number of esters is 1. The van der Waals surface area contributed by atoms with E-state index >= 15 is 0 Å². The number of nitrogens with two attached hydrogens (primary N) is 1. The third-order valence-corrected chi connectivity index (χ3v) is 1.78. The Morgan fingerprint density at radius 3 is 2.93 bits per heavy atom. The molecule has 0 radical (unpaired) electrons. The van der Waals surface area contributed by atoms with Crippen molar-refractivity contribution in [2.45, 2.75) is 20.3 Å². The predicted molar refractivity (Wildman–Crippen MR) is 57.5 cm³/mol. The molecule has 1 heterocycles. The monoisotopic (exact) mass is 212 g/mol. The molecule has 15 heavy (non-hydrogen) atoms. The van der Waals surface area contributed by atoms with Crippen LogP contribution in [0.4, 0.5) is 11.6 Å². The summed E-state index contributed by atoms with van der Waals surface area (Å²) >= 11 is 0. The van der Waals surface area contributed by atoms with Crippen molar-refractivity contribution in [3.8, 4) is 0 Å². The van der Waals surface area contributed by atoms with E-state index in [9.17, 15) is 4.79 Å². The zero-order chi connectivity index (χ0) is 11.3. The van der Waals surface area contributed by atoms with Crippen LogP contribution in [-0.4, -0.2) is 29.1 Å². The van der Waals surface area contributed by atoms with Gasteiger partial charge in [-0.1, -0.05) is 0 Å². The Balaban J connectivity index is 2.31. The van der Waals surface area contributed by atoms with Gasteiger partial charge < -0.3 is 20.8 Å². The van der Waals surface area contributed by atoms with Gasteiger partial charge in [-0.2, -0.15) is 0 Å². The standard InChI is InChI=1S/C9H16N4O2/c1-3-15-7(14)4-5-11-9-8(10)12-6(2)13-9/h11H,3-5,10H2,1-2H3,(H,12,13). The van der Waals surface area contributed by atoms with Crippen LogP contribution >= 0.6 is 0 Å². The van der Waals surface area contributed by atoms with Gasteiger partial charge in [0.1, 0.15) is 11.6 Å². The van der Waals surface area contributed by atoms with Crippen molar-refractivity contribution in [2.75, 3.05) is 24.2 Å². The van der Waals surface area contributed by atoms with Crippen molar-refractivity contribution in [3.05, 3.63) is 5.82 Å². The molecular weight excluding hydrogens is 196 g/mol. The maximum Gasteiger partial charge on any atom is 0.307 e. The Hall–Kier alpha value is -1.72. The maximum absolute atomic E-state index is 11.0. The molecule has 0 atom stereocenters. The van der Waals surface area contributed by atoms with Crippen LogP contribution in [0.2, 0.25) is 0 Å². The Labute approximate surface area is 88.2 Å². The second kappa shape index (κ2) is 5.23. The van der Waals surface area contributed by atoms with E-state index in [1.807, 2.05) is 6.92 Å². The number of aromatic nitrogens is 2. The Bertz CT molecular complexity index is 335. The summed E-state index contributed by atoms with van der Waals surface area (Å²) in [6, 6.07) is 0. The second-order valence-electron chi connectivity index (χ2n) is 3.07. The molecule has 0 bridgehead atoms. The number of ether oxygens (including phenoxy) is 1. The highest BCUT2D eigenvalue weighted by molar-refractivity contribution is 5.70. The third-order valence-electron chi connectivity index (χ3n) is 1.78. The molecule has 1 aromatic rings. The molecule has 0 unspecified atom stereocenters. The normalized spacial score (nSPS) is 10.0. The maximum atomic E-state index is 11.0. The van der Waals surface area contributed by atoms with Gasteiger partial charge in [0, 0.05) is 6.54 Å². The van der Waals surface area contributed by atoms with E-state index in [0.29, 0.717) is 31.2 Å². The van der Waals surface area contributed by atoms with Crippen molar-refractivity contribution in [1.29, 1.82) is 0 Å². The lowest BCUT2D eigenvalue weighted by molar-refractivity contribution is -0.142. The fourth-order valence-corrected chi connectivity index (χ4v) is 1.16. The molecule has 1 aromatic heterocycles. The third kappa shape index (κ3) is 3.49. The van der Waals surface area contributed by atoms with Gasteiger partial charge in [0.2, 0.25) is 0 Å². The van der Waals surface area contributed by atoms with Crippen molar-refractivity contribution >= 4 is 17.6 Å².